The van der Waals surface area contributed by atoms with E-state index < -0.39 is 5.97 Å². The highest BCUT2D eigenvalue weighted by Crippen LogP contribution is 2.06. The van der Waals surface area contributed by atoms with Crippen molar-refractivity contribution in [3.05, 3.63) is 36.2 Å². The molecular formula is C13H15N5O3. The fraction of sp³-hybridized carbons (Fsp3) is 0.308. The number of hydrogen-bond donors (Lipinski definition) is 1. The topological polar surface area (TPSA) is 99.0 Å². The van der Waals surface area contributed by atoms with Gasteiger partial charge >= 0.3 is 5.97 Å². The van der Waals surface area contributed by atoms with Crippen LogP contribution in [-0.2, 0) is 16.1 Å². The Morgan fingerprint density at radius 1 is 1.29 bits per heavy atom. The summed E-state index contributed by atoms with van der Waals surface area (Å²) in [5, 5.41) is 13.4. The third kappa shape index (κ3) is 4.10. The summed E-state index contributed by atoms with van der Waals surface area (Å²) in [4.78, 5) is 23.4. The number of nitrogens with one attached hydrogen (secondary N) is 1. The molecule has 1 N–H and O–H groups in total. The highest BCUT2D eigenvalue weighted by atomic mass is 16.5. The number of aromatic nitrogens is 4. The first-order valence-electron chi connectivity index (χ1n) is 6.49. The molecule has 2 rings (SSSR count). The minimum atomic E-state index is -0.606. The second-order valence-corrected chi connectivity index (χ2v) is 4.11. The molecule has 110 valence electrons. The summed E-state index contributed by atoms with van der Waals surface area (Å²) >= 11 is 0. The van der Waals surface area contributed by atoms with E-state index in [1.165, 1.54) is 4.68 Å². The number of carbonyl (C=O) groups is 2. The molecule has 0 unspecified atom stereocenters. The Kier molecular flexibility index (Phi) is 4.97. The van der Waals surface area contributed by atoms with Crippen molar-refractivity contribution >= 4 is 17.6 Å². The number of amides is 1. The quantitative estimate of drug-likeness (QED) is 0.792. The first-order valence-corrected chi connectivity index (χ1v) is 6.49. The number of hydrogen-bond acceptors (Lipinski definition) is 6. The monoisotopic (exact) mass is 289 g/mol. The minimum absolute atomic E-state index is 0.00985. The van der Waals surface area contributed by atoms with Crippen molar-refractivity contribution in [3.8, 4) is 0 Å². The van der Waals surface area contributed by atoms with Gasteiger partial charge < -0.3 is 10.1 Å². The Hall–Kier alpha value is -2.77. The van der Waals surface area contributed by atoms with E-state index in [2.05, 4.69) is 20.8 Å². The molecule has 0 aliphatic carbocycles. The first-order chi connectivity index (χ1) is 10.2. The molecule has 1 aromatic carbocycles. The minimum Gasteiger partial charge on any atom is -0.460 e. The van der Waals surface area contributed by atoms with Crippen LogP contribution in [0.25, 0.3) is 0 Å². The van der Waals surface area contributed by atoms with E-state index >= 15 is 0 Å². The van der Waals surface area contributed by atoms with Crippen LogP contribution >= 0.6 is 0 Å². The zero-order valence-electron chi connectivity index (χ0n) is 11.5. The molecule has 0 saturated heterocycles. The molecule has 21 heavy (non-hydrogen) atoms. The summed E-state index contributed by atoms with van der Waals surface area (Å²) in [5.74, 6) is -0.804. The van der Waals surface area contributed by atoms with Crippen molar-refractivity contribution in [3.63, 3.8) is 0 Å². The highest BCUT2D eigenvalue weighted by molar-refractivity contribution is 5.90. The lowest BCUT2D eigenvalue weighted by molar-refractivity contribution is -0.116. The Labute approximate surface area is 121 Å². The van der Waals surface area contributed by atoms with Crippen LogP contribution in [0.2, 0.25) is 0 Å². The molecule has 8 nitrogen and oxygen atoms in total. The molecule has 0 fully saturated rings. The smallest absolute Gasteiger partial charge is 0.378 e. The van der Waals surface area contributed by atoms with E-state index in [9.17, 15) is 9.59 Å². The van der Waals surface area contributed by atoms with Crippen molar-refractivity contribution in [2.24, 2.45) is 0 Å². The van der Waals surface area contributed by atoms with Crippen LogP contribution < -0.4 is 5.32 Å². The molecule has 0 radical (unpaired) electrons. The summed E-state index contributed by atoms with van der Waals surface area (Å²) in [6, 6.07) is 9.10. The largest absolute Gasteiger partial charge is 0.460 e. The van der Waals surface area contributed by atoms with Gasteiger partial charge in [0.05, 0.1) is 13.2 Å². The van der Waals surface area contributed by atoms with Gasteiger partial charge in [-0.1, -0.05) is 18.2 Å². The summed E-state index contributed by atoms with van der Waals surface area (Å²) in [6.07, 6.45) is 0.145. The molecule has 0 atom stereocenters. The SMILES string of the molecule is CCOC(=O)c1nnnn1CCC(=O)Nc1ccccc1. The highest BCUT2D eigenvalue weighted by Gasteiger charge is 2.17. The van der Waals surface area contributed by atoms with Gasteiger partial charge in [0.1, 0.15) is 0 Å². The Bertz CT molecular complexity index is 611. The van der Waals surface area contributed by atoms with Crippen molar-refractivity contribution in [1.29, 1.82) is 0 Å². The number of para-hydroxylation sites is 1. The lowest BCUT2D eigenvalue weighted by atomic mass is 10.3. The van der Waals surface area contributed by atoms with E-state index in [1.54, 1.807) is 19.1 Å². The number of tetrazole rings is 1. The maximum absolute atomic E-state index is 11.8. The number of aryl methyl sites for hydroxylation is 1. The van der Waals surface area contributed by atoms with Crippen LogP contribution in [0.5, 0.6) is 0 Å². The Morgan fingerprint density at radius 3 is 2.76 bits per heavy atom. The van der Waals surface area contributed by atoms with Crippen molar-refractivity contribution in [1.82, 2.24) is 20.2 Å². The summed E-state index contributed by atoms with van der Waals surface area (Å²) in [7, 11) is 0. The predicted octanol–water partition coefficient (Wildman–Crippen LogP) is 0.879. The Balaban J connectivity index is 1.90. The second kappa shape index (κ2) is 7.13. The van der Waals surface area contributed by atoms with E-state index in [1.807, 2.05) is 18.2 Å². The number of nitrogens with zero attached hydrogens (tertiary/aromatic N) is 4. The lowest BCUT2D eigenvalue weighted by Crippen LogP contribution is -2.19. The van der Waals surface area contributed by atoms with Crippen LogP contribution in [0.4, 0.5) is 5.69 Å². The van der Waals surface area contributed by atoms with Crippen LogP contribution in [-0.4, -0.2) is 38.7 Å². The number of ether oxygens (including phenoxy) is 1. The molecule has 1 amide bonds. The van der Waals surface area contributed by atoms with E-state index in [-0.39, 0.29) is 31.3 Å². The molecule has 1 aromatic heterocycles. The van der Waals surface area contributed by atoms with Crippen molar-refractivity contribution < 1.29 is 14.3 Å². The summed E-state index contributed by atoms with van der Waals surface area (Å²) < 4.78 is 6.08. The molecular weight excluding hydrogens is 274 g/mol. The van der Waals surface area contributed by atoms with Gasteiger partial charge in [-0.3, -0.25) is 4.79 Å². The molecule has 0 aliphatic rings. The zero-order valence-corrected chi connectivity index (χ0v) is 11.5. The first kappa shape index (κ1) is 14.6. The molecule has 0 aliphatic heterocycles. The normalized spacial score (nSPS) is 10.1. The number of carbonyl (C=O) groups excluding carboxylic acids is 2. The van der Waals surface area contributed by atoms with Crippen molar-refractivity contribution in [2.45, 2.75) is 19.9 Å². The van der Waals surface area contributed by atoms with E-state index in [4.69, 9.17) is 4.74 Å². The fourth-order valence-corrected chi connectivity index (χ4v) is 1.65. The van der Waals surface area contributed by atoms with Crippen LogP contribution in [0.15, 0.2) is 30.3 Å². The number of rotatable bonds is 6. The molecule has 8 heteroatoms. The van der Waals surface area contributed by atoms with Gasteiger partial charge in [0, 0.05) is 12.1 Å². The second-order valence-electron chi connectivity index (χ2n) is 4.11. The predicted molar refractivity (Wildman–Crippen MR) is 73.5 cm³/mol. The summed E-state index contributed by atoms with van der Waals surface area (Å²) in [6.45, 7) is 2.12. The molecule has 0 spiro atoms. The van der Waals surface area contributed by atoms with E-state index in [0.717, 1.165) is 0 Å². The van der Waals surface area contributed by atoms with Gasteiger partial charge in [-0.05, 0) is 29.5 Å². The third-order valence-corrected chi connectivity index (χ3v) is 2.60. The Morgan fingerprint density at radius 2 is 2.05 bits per heavy atom. The number of benzene rings is 1. The van der Waals surface area contributed by atoms with Crippen LogP contribution in [0.1, 0.15) is 24.0 Å². The van der Waals surface area contributed by atoms with Crippen LogP contribution in [0.3, 0.4) is 0 Å². The number of anilines is 1. The average molecular weight is 289 g/mol. The van der Waals surface area contributed by atoms with Gasteiger partial charge in [0.15, 0.2) is 0 Å². The van der Waals surface area contributed by atoms with Gasteiger partial charge in [-0.15, -0.1) is 5.10 Å². The van der Waals surface area contributed by atoms with Gasteiger partial charge in [-0.25, -0.2) is 9.48 Å². The maximum atomic E-state index is 11.8. The lowest BCUT2D eigenvalue weighted by Gasteiger charge is -2.06. The molecule has 0 saturated carbocycles. The maximum Gasteiger partial charge on any atom is 0.378 e. The number of esters is 1. The standard InChI is InChI=1S/C13H15N5O3/c1-2-21-13(20)12-15-16-17-18(12)9-8-11(19)14-10-6-4-3-5-7-10/h3-7H,2,8-9H2,1H3,(H,14,19). The molecule has 0 bridgehead atoms. The van der Waals surface area contributed by atoms with Gasteiger partial charge in [-0.2, -0.15) is 0 Å². The van der Waals surface area contributed by atoms with Gasteiger partial charge in [0.2, 0.25) is 5.91 Å². The molecule has 1 heterocycles. The summed E-state index contributed by atoms with van der Waals surface area (Å²) in [5.41, 5.74) is 0.713. The van der Waals surface area contributed by atoms with E-state index in [0.29, 0.717) is 5.69 Å². The van der Waals surface area contributed by atoms with Gasteiger partial charge in [0.25, 0.3) is 5.82 Å². The van der Waals surface area contributed by atoms with Crippen LogP contribution in [0, 0.1) is 0 Å². The fourth-order valence-electron chi connectivity index (χ4n) is 1.65. The molecule has 2 aromatic rings. The zero-order chi connectivity index (χ0) is 15.1. The van der Waals surface area contributed by atoms with Crippen molar-refractivity contribution in [2.75, 3.05) is 11.9 Å². The average Bonchev–Trinajstić information content (AvgIpc) is 2.95. The third-order valence-electron chi connectivity index (χ3n) is 2.60.